The van der Waals surface area contributed by atoms with Crippen LogP contribution in [0.3, 0.4) is 0 Å². The van der Waals surface area contributed by atoms with Crippen LogP contribution in [0.15, 0.2) is 48.4 Å². The molecule has 3 rings (SSSR count). The van der Waals surface area contributed by atoms with Crippen LogP contribution in [-0.4, -0.2) is 66.8 Å². The molecule has 0 saturated heterocycles. The second-order valence-corrected chi connectivity index (χ2v) is 9.40. The molecule has 0 fully saturated rings. The number of nitrogens with zero attached hydrogens (tertiary/aromatic N) is 2. The summed E-state index contributed by atoms with van der Waals surface area (Å²) in [7, 11) is 1.63. The number of aliphatic hydroxyl groups is 1. The van der Waals surface area contributed by atoms with E-state index < -0.39 is 6.10 Å². The summed E-state index contributed by atoms with van der Waals surface area (Å²) in [6.07, 6.45) is 4.59. The summed E-state index contributed by atoms with van der Waals surface area (Å²) in [5.41, 5.74) is 1.18. The van der Waals surface area contributed by atoms with E-state index in [1.54, 1.807) is 18.4 Å². The zero-order valence-electron chi connectivity index (χ0n) is 19.7. The predicted octanol–water partition coefficient (Wildman–Crippen LogP) is 4.30. The molecule has 6 nitrogen and oxygen atoms in total. The molecule has 1 aliphatic rings. The molecular weight excluding hydrogens is 436 g/mol. The minimum Gasteiger partial charge on any atom is -0.497 e. The molecular formula is C26H36N2O4S. The molecule has 33 heavy (non-hydrogen) atoms. The van der Waals surface area contributed by atoms with Gasteiger partial charge in [0.15, 0.2) is 0 Å². The predicted molar refractivity (Wildman–Crippen MR) is 133 cm³/mol. The third-order valence-corrected chi connectivity index (χ3v) is 6.93. The quantitative estimate of drug-likeness (QED) is 0.441. The average Bonchev–Trinajstić information content (AvgIpc) is 3.30. The van der Waals surface area contributed by atoms with Gasteiger partial charge >= 0.3 is 0 Å². The standard InChI is InChI=1S/C26H36N2O4S/c1-4-6-8-20(29)17-27(13-5-2)18-26(30)28-14-11-25-23(12-15-33-25)24(28)19-32-22-10-7-9-21(16-22)31-3/h4,7,9-10,12,15-16,20,24,29H,1,5-6,8,11,13-14,17-19H2,2-3H3/t20-,24+/m1/s1. The number of fused-ring (bicyclic) bond motifs is 1. The zero-order chi connectivity index (χ0) is 23.6. The van der Waals surface area contributed by atoms with E-state index in [2.05, 4.69) is 29.8 Å². The molecule has 0 spiro atoms. The number of ether oxygens (including phenoxy) is 2. The molecule has 1 aromatic carbocycles. The van der Waals surface area contributed by atoms with E-state index in [9.17, 15) is 9.90 Å². The number of hydrogen-bond donors (Lipinski definition) is 1. The van der Waals surface area contributed by atoms with Gasteiger partial charge in [-0.2, -0.15) is 0 Å². The average molecular weight is 473 g/mol. The first-order chi connectivity index (χ1) is 16.0. The number of benzene rings is 1. The van der Waals surface area contributed by atoms with Crippen LogP contribution in [-0.2, 0) is 11.2 Å². The van der Waals surface area contributed by atoms with Gasteiger partial charge in [0.2, 0.25) is 5.91 Å². The minimum absolute atomic E-state index is 0.0791. The summed E-state index contributed by atoms with van der Waals surface area (Å²) >= 11 is 1.74. The van der Waals surface area contributed by atoms with Crippen molar-refractivity contribution in [3.8, 4) is 11.5 Å². The first-order valence-electron chi connectivity index (χ1n) is 11.7. The molecule has 0 radical (unpaired) electrons. The molecule has 0 bridgehead atoms. The van der Waals surface area contributed by atoms with E-state index >= 15 is 0 Å². The number of thiophene rings is 1. The minimum atomic E-state index is -0.459. The maximum Gasteiger partial charge on any atom is 0.237 e. The second-order valence-electron chi connectivity index (χ2n) is 8.40. The SMILES string of the molecule is C=CCC[C@@H](O)CN(CCC)CC(=O)N1CCc2sccc2[C@@H]1COc1cccc(OC)c1. The van der Waals surface area contributed by atoms with Crippen LogP contribution in [0.2, 0.25) is 0 Å². The fourth-order valence-corrected chi connectivity index (χ4v) is 5.20. The van der Waals surface area contributed by atoms with Gasteiger partial charge in [-0.25, -0.2) is 0 Å². The number of methoxy groups -OCH3 is 1. The number of carbonyl (C=O) groups is 1. The Kier molecular flexibility index (Phi) is 9.78. The lowest BCUT2D eigenvalue weighted by molar-refractivity contribution is -0.136. The van der Waals surface area contributed by atoms with Crippen LogP contribution in [0.1, 0.15) is 42.7 Å². The Morgan fingerprint density at radius 1 is 1.39 bits per heavy atom. The Bertz CT molecular complexity index is 900. The van der Waals surface area contributed by atoms with Crippen molar-refractivity contribution in [2.24, 2.45) is 0 Å². The number of allylic oxidation sites excluding steroid dienone is 1. The summed E-state index contributed by atoms with van der Waals surface area (Å²) in [5.74, 6) is 1.54. The van der Waals surface area contributed by atoms with Crippen molar-refractivity contribution >= 4 is 17.2 Å². The maximum atomic E-state index is 13.4. The van der Waals surface area contributed by atoms with Gasteiger partial charge in [-0.3, -0.25) is 9.69 Å². The van der Waals surface area contributed by atoms with Crippen molar-refractivity contribution in [2.75, 3.05) is 39.9 Å². The maximum absolute atomic E-state index is 13.4. The first kappa shape index (κ1) is 25.3. The van der Waals surface area contributed by atoms with E-state index in [0.29, 0.717) is 32.7 Å². The largest absolute Gasteiger partial charge is 0.497 e. The van der Waals surface area contributed by atoms with Crippen LogP contribution in [0.4, 0.5) is 0 Å². The van der Waals surface area contributed by atoms with E-state index in [1.165, 1.54) is 10.4 Å². The number of amides is 1. The van der Waals surface area contributed by atoms with E-state index in [-0.39, 0.29) is 11.9 Å². The smallest absolute Gasteiger partial charge is 0.237 e. The third-order valence-electron chi connectivity index (χ3n) is 5.94. The van der Waals surface area contributed by atoms with Gasteiger partial charge in [0.25, 0.3) is 0 Å². The lowest BCUT2D eigenvalue weighted by atomic mass is 10.0. The molecule has 1 N–H and O–H groups in total. The lowest BCUT2D eigenvalue weighted by Gasteiger charge is -2.37. The van der Waals surface area contributed by atoms with Gasteiger partial charge in [-0.15, -0.1) is 17.9 Å². The number of aliphatic hydroxyl groups excluding tert-OH is 1. The fraction of sp³-hybridized carbons (Fsp3) is 0.500. The zero-order valence-corrected chi connectivity index (χ0v) is 20.6. The Balaban J connectivity index is 1.70. The van der Waals surface area contributed by atoms with Crippen molar-refractivity contribution in [3.63, 3.8) is 0 Å². The van der Waals surface area contributed by atoms with Gasteiger partial charge in [0.1, 0.15) is 18.1 Å². The number of carbonyl (C=O) groups excluding carboxylic acids is 1. The van der Waals surface area contributed by atoms with E-state index in [0.717, 1.165) is 37.3 Å². The molecule has 1 amide bonds. The van der Waals surface area contributed by atoms with E-state index in [1.807, 2.05) is 35.2 Å². The summed E-state index contributed by atoms with van der Waals surface area (Å²) in [5, 5.41) is 12.5. The molecule has 180 valence electrons. The van der Waals surface area contributed by atoms with Crippen LogP contribution in [0.25, 0.3) is 0 Å². The summed E-state index contributed by atoms with van der Waals surface area (Å²) in [6, 6.07) is 9.52. The van der Waals surface area contributed by atoms with Crippen LogP contribution >= 0.6 is 11.3 Å². The van der Waals surface area contributed by atoms with Gasteiger partial charge < -0.3 is 19.5 Å². The van der Waals surface area contributed by atoms with Crippen LogP contribution in [0.5, 0.6) is 11.5 Å². The highest BCUT2D eigenvalue weighted by Crippen LogP contribution is 2.34. The number of rotatable bonds is 13. The normalized spacial score (nSPS) is 16.4. The van der Waals surface area contributed by atoms with Crippen LogP contribution < -0.4 is 9.47 Å². The third kappa shape index (κ3) is 7.06. The van der Waals surface area contributed by atoms with Gasteiger partial charge in [-0.05, 0) is 61.4 Å². The van der Waals surface area contributed by atoms with Gasteiger partial charge in [0.05, 0.1) is 25.8 Å². The summed E-state index contributed by atoms with van der Waals surface area (Å²) in [6.45, 7) is 8.46. The van der Waals surface area contributed by atoms with Crippen molar-refractivity contribution < 1.29 is 19.4 Å². The lowest BCUT2D eigenvalue weighted by Crippen LogP contribution is -2.47. The van der Waals surface area contributed by atoms with Crippen molar-refractivity contribution in [1.29, 1.82) is 0 Å². The molecule has 0 aliphatic carbocycles. The fourth-order valence-electron chi connectivity index (χ4n) is 4.27. The molecule has 2 atom stereocenters. The Labute approximate surface area is 201 Å². The Morgan fingerprint density at radius 3 is 2.97 bits per heavy atom. The van der Waals surface area contributed by atoms with Gasteiger partial charge in [0, 0.05) is 24.0 Å². The summed E-state index contributed by atoms with van der Waals surface area (Å²) in [4.78, 5) is 18.8. The van der Waals surface area contributed by atoms with Gasteiger partial charge in [-0.1, -0.05) is 19.1 Å². The van der Waals surface area contributed by atoms with Crippen molar-refractivity contribution in [1.82, 2.24) is 9.80 Å². The van der Waals surface area contributed by atoms with E-state index in [4.69, 9.17) is 9.47 Å². The highest BCUT2D eigenvalue weighted by atomic mass is 32.1. The molecule has 1 aliphatic heterocycles. The summed E-state index contributed by atoms with van der Waals surface area (Å²) < 4.78 is 11.4. The molecule has 1 aromatic heterocycles. The number of hydrogen-bond acceptors (Lipinski definition) is 6. The van der Waals surface area contributed by atoms with Crippen molar-refractivity contribution in [3.05, 3.63) is 58.8 Å². The molecule has 2 aromatic rings. The molecule has 2 heterocycles. The van der Waals surface area contributed by atoms with Crippen molar-refractivity contribution in [2.45, 2.75) is 44.8 Å². The molecule has 7 heteroatoms. The first-order valence-corrected chi connectivity index (χ1v) is 12.6. The second kappa shape index (κ2) is 12.8. The Hall–Kier alpha value is -2.35. The molecule has 0 saturated carbocycles. The highest BCUT2D eigenvalue weighted by Gasteiger charge is 2.33. The monoisotopic (exact) mass is 472 g/mol. The van der Waals surface area contributed by atoms with Crippen LogP contribution in [0, 0.1) is 0 Å². The topological polar surface area (TPSA) is 62.2 Å². The Morgan fingerprint density at radius 2 is 2.21 bits per heavy atom. The highest BCUT2D eigenvalue weighted by molar-refractivity contribution is 7.10. The molecule has 0 unspecified atom stereocenters.